The molecule has 2 N–H and O–H groups in total. The van der Waals surface area contributed by atoms with Crippen molar-refractivity contribution in [2.45, 2.75) is 39.2 Å². The van der Waals surface area contributed by atoms with Gasteiger partial charge in [0.1, 0.15) is 0 Å². The molecular weight excluding hydrogens is 178 g/mol. The summed E-state index contributed by atoms with van der Waals surface area (Å²) in [5, 5.41) is 11.5. The van der Waals surface area contributed by atoms with Gasteiger partial charge in [-0.1, -0.05) is 13.8 Å². The van der Waals surface area contributed by atoms with Gasteiger partial charge in [0.05, 0.1) is 0 Å². The summed E-state index contributed by atoms with van der Waals surface area (Å²) in [6.07, 6.45) is 2.92. The Labute approximate surface area is 84.9 Å². The van der Waals surface area contributed by atoms with Crippen LogP contribution in [0.2, 0.25) is 0 Å². The van der Waals surface area contributed by atoms with E-state index in [0.717, 1.165) is 5.92 Å². The van der Waals surface area contributed by atoms with E-state index in [9.17, 15) is 4.79 Å². The first-order valence-electron chi connectivity index (χ1n) is 5.59. The van der Waals surface area contributed by atoms with Crippen LogP contribution >= 0.6 is 0 Å². The number of carboxylic acid groups (broad SMARTS) is 1. The third-order valence-corrected chi connectivity index (χ3v) is 4.04. The normalized spacial score (nSPS) is 40.5. The number of rotatable bonds is 2. The largest absolute Gasteiger partial charge is 0.465 e. The number of hydrogen-bond donors (Lipinski definition) is 2. The van der Waals surface area contributed by atoms with Crippen LogP contribution in [0.15, 0.2) is 0 Å². The zero-order valence-corrected chi connectivity index (χ0v) is 8.86. The number of fused-ring (bicyclic) bond motifs is 2. The van der Waals surface area contributed by atoms with Gasteiger partial charge in [-0.3, -0.25) is 0 Å². The molecule has 0 aromatic rings. The highest BCUT2D eigenvalue weighted by Gasteiger charge is 2.48. The van der Waals surface area contributed by atoms with Crippen molar-refractivity contribution < 1.29 is 9.90 Å². The first-order chi connectivity index (χ1) is 6.59. The van der Waals surface area contributed by atoms with E-state index in [2.05, 4.69) is 19.2 Å². The van der Waals surface area contributed by atoms with Crippen LogP contribution < -0.4 is 5.32 Å². The first kappa shape index (κ1) is 9.81. The van der Waals surface area contributed by atoms with E-state index in [0.29, 0.717) is 17.8 Å². The lowest BCUT2D eigenvalue weighted by molar-refractivity contribution is 0.157. The van der Waals surface area contributed by atoms with E-state index < -0.39 is 6.09 Å². The van der Waals surface area contributed by atoms with Crippen LogP contribution in [0, 0.1) is 23.7 Å². The van der Waals surface area contributed by atoms with Crippen molar-refractivity contribution in [1.29, 1.82) is 0 Å². The Balaban J connectivity index is 2.09. The topological polar surface area (TPSA) is 49.3 Å². The quantitative estimate of drug-likeness (QED) is 0.713. The summed E-state index contributed by atoms with van der Waals surface area (Å²) < 4.78 is 0. The highest BCUT2D eigenvalue weighted by Crippen LogP contribution is 2.51. The van der Waals surface area contributed by atoms with E-state index >= 15 is 0 Å². The maximum Gasteiger partial charge on any atom is 0.404 e. The summed E-state index contributed by atoms with van der Waals surface area (Å²) in [7, 11) is 0. The minimum absolute atomic E-state index is 0.228. The fourth-order valence-electron chi connectivity index (χ4n) is 3.65. The van der Waals surface area contributed by atoms with Gasteiger partial charge in [0, 0.05) is 6.04 Å². The molecule has 0 radical (unpaired) electrons. The molecule has 0 unspecified atom stereocenters. The molecule has 0 saturated heterocycles. The molecule has 4 atom stereocenters. The fourth-order valence-corrected chi connectivity index (χ4v) is 3.65. The SMILES string of the molecule is CC(C)[C@@H]1[C@H]2CC[C@H](C2)[C@H]1NC(=O)O. The second kappa shape index (κ2) is 3.44. The summed E-state index contributed by atoms with van der Waals surface area (Å²) >= 11 is 0. The van der Waals surface area contributed by atoms with Crippen molar-refractivity contribution in [3.63, 3.8) is 0 Å². The molecule has 0 spiro atoms. The highest BCUT2D eigenvalue weighted by atomic mass is 16.4. The van der Waals surface area contributed by atoms with Crippen molar-refractivity contribution in [3.8, 4) is 0 Å². The van der Waals surface area contributed by atoms with E-state index in [1.54, 1.807) is 0 Å². The van der Waals surface area contributed by atoms with Gasteiger partial charge in [0.15, 0.2) is 0 Å². The average Bonchev–Trinajstić information content (AvgIpc) is 2.61. The molecule has 2 aliphatic carbocycles. The molecule has 14 heavy (non-hydrogen) atoms. The minimum Gasteiger partial charge on any atom is -0.465 e. The molecule has 2 aliphatic rings. The lowest BCUT2D eigenvalue weighted by atomic mass is 9.77. The maximum atomic E-state index is 10.7. The van der Waals surface area contributed by atoms with E-state index in [4.69, 9.17) is 5.11 Å². The number of nitrogens with one attached hydrogen (secondary N) is 1. The van der Waals surface area contributed by atoms with E-state index in [1.807, 2.05) is 0 Å². The summed E-state index contributed by atoms with van der Waals surface area (Å²) in [5.74, 6) is 2.56. The highest BCUT2D eigenvalue weighted by molar-refractivity contribution is 5.65. The molecule has 0 aromatic carbocycles. The molecule has 2 fully saturated rings. The van der Waals surface area contributed by atoms with E-state index in [1.165, 1.54) is 19.3 Å². The first-order valence-corrected chi connectivity index (χ1v) is 5.59. The molecule has 0 aliphatic heterocycles. The van der Waals surface area contributed by atoms with Gasteiger partial charge in [-0.05, 0) is 42.9 Å². The molecule has 2 rings (SSSR count). The second-order valence-electron chi connectivity index (χ2n) is 5.13. The summed E-state index contributed by atoms with van der Waals surface area (Å²) in [4.78, 5) is 10.7. The smallest absolute Gasteiger partial charge is 0.404 e. The third-order valence-electron chi connectivity index (χ3n) is 4.04. The predicted molar refractivity (Wildman–Crippen MR) is 54.1 cm³/mol. The summed E-state index contributed by atoms with van der Waals surface area (Å²) in [6, 6.07) is 0.228. The lowest BCUT2D eigenvalue weighted by Crippen LogP contribution is -2.45. The molecule has 3 nitrogen and oxygen atoms in total. The lowest BCUT2D eigenvalue weighted by Gasteiger charge is -2.33. The van der Waals surface area contributed by atoms with Gasteiger partial charge in [0.25, 0.3) is 0 Å². The van der Waals surface area contributed by atoms with Crippen molar-refractivity contribution in [2.24, 2.45) is 23.7 Å². The van der Waals surface area contributed by atoms with Crippen molar-refractivity contribution >= 4 is 6.09 Å². The molecular formula is C11H19NO2. The summed E-state index contributed by atoms with van der Waals surface area (Å²) in [5.41, 5.74) is 0. The molecule has 0 aromatic heterocycles. The van der Waals surface area contributed by atoms with Gasteiger partial charge in [-0.25, -0.2) is 4.79 Å². The maximum absolute atomic E-state index is 10.7. The Morgan fingerprint density at radius 3 is 2.57 bits per heavy atom. The fraction of sp³-hybridized carbons (Fsp3) is 0.909. The van der Waals surface area contributed by atoms with Gasteiger partial charge in [-0.15, -0.1) is 0 Å². The van der Waals surface area contributed by atoms with Crippen molar-refractivity contribution in [3.05, 3.63) is 0 Å². The minimum atomic E-state index is -0.854. The Morgan fingerprint density at radius 1 is 1.36 bits per heavy atom. The Hall–Kier alpha value is -0.730. The predicted octanol–water partition coefficient (Wildman–Crippen LogP) is 2.32. The standard InChI is InChI=1S/C11H19NO2/c1-6(2)9-7-3-4-8(5-7)10(9)12-11(13)14/h6-10,12H,3-5H2,1-2H3,(H,13,14)/t7-,8+,9+,10+/m0/s1. The van der Waals surface area contributed by atoms with E-state index in [-0.39, 0.29) is 6.04 Å². The monoisotopic (exact) mass is 197 g/mol. The average molecular weight is 197 g/mol. The molecule has 3 heteroatoms. The van der Waals surface area contributed by atoms with Crippen LogP contribution in [0.4, 0.5) is 4.79 Å². The molecule has 2 bridgehead atoms. The molecule has 1 amide bonds. The zero-order valence-electron chi connectivity index (χ0n) is 8.86. The van der Waals surface area contributed by atoms with Crippen LogP contribution in [0.1, 0.15) is 33.1 Å². The Bertz CT molecular complexity index is 239. The third kappa shape index (κ3) is 1.49. The van der Waals surface area contributed by atoms with Gasteiger partial charge >= 0.3 is 6.09 Å². The van der Waals surface area contributed by atoms with Gasteiger partial charge in [0.2, 0.25) is 0 Å². The molecule has 2 saturated carbocycles. The number of amides is 1. The Morgan fingerprint density at radius 2 is 2.00 bits per heavy atom. The van der Waals surface area contributed by atoms with Crippen LogP contribution in [0.5, 0.6) is 0 Å². The number of hydrogen-bond acceptors (Lipinski definition) is 1. The van der Waals surface area contributed by atoms with Crippen LogP contribution in [0.25, 0.3) is 0 Å². The second-order valence-corrected chi connectivity index (χ2v) is 5.13. The van der Waals surface area contributed by atoms with Crippen molar-refractivity contribution in [2.75, 3.05) is 0 Å². The molecule has 80 valence electrons. The van der Waals surface area contributed by atoms with Gasteiger partial charge in [-0.2, -0.15) is 0 Å². The van der Waals surface area contributed by atoms with Crippen LogP contribution in [0.3, 0.4) is 0 Å². The van der Waals surface area contributed by atoms with Crippen LogP contribution in [-0.2, 0) is 0 Å². The zero-order chi connectivity index (χ0) is 10.3. The number of carbonyl (C=O) groups is 1. The molecule has 0 heterocycles. The van der Waals surface area contributed by atoms with Crippen molar-refractivity contribution in [1.82, 2.24) is 5.32 Å². The summed E-state index contributed by atoms with van der Waals surface area (Å²) in [6.45, 7) is 4.42. The van der Waals surface area contributed by atoms with Gasteiger partial charge < -0.3 is 10.4 Å². The Kier molecular flexibility index (Phi) is 2.41. The van der Waals surface area contributed by atoms with Crippen LogP contribution in [-0.4, -0.2) is 17.2 Å².